The van der Waals surface area contributed by atoms with Crippen molar-refractivity contribution < 1.29 is 12.8 Å². The lowest BCUT2D eigenvalue weighted by molar-refractivity contribution is 0.203. The van der Waals surface area contributed by atoms with E-state index in [2.05, 4.69) is 65.2 Å². The Morgan fingerprint density at radius 2 is 1.67 bits per heavy atom. The maximum absolute atomic E-state index is 13.5. The summed E-state index contributed by atoms with van der Waals surface area (Å²) in [5, 5.41) is 0. The van der Waals surface area contributed by atoms with Crippen LogP contribution in [0.3, 0.4) is 0 Å². The molecule has 1 saturated carbocycles. The van der Waals surface area contributed by atoms with Crippen molar-refractivity contribution in [3.63, 3.8) is 0 Å². The molecule has 0 unspecified atom stereocenters. The molecule has 0 radical (unpaired) electrons. The van der Waals surface area contributed by atoms with Crippen molar-refractivity contribution in [1.82, 2.24) is 4.72 Å². The highest BCUT2D eigenvalue weighted by molar-refractivity contribution is 7.89. The largest absolute Gasteiger partial charge is 0.546 e. The Morgan fingerprint density at radius 3 is 2.17 bits per heavy atom. The normalized spacial score (nSPS) is 26.7. The van der Waals surface area contributed by atoms with Crippen LogP contribution in [0.15, 0.2) is 41.0 Å². The van der Waals surface area contributed by atoms with Gasteiger partial charge in [-0.05, 0) is 73.4 Å². The number of fused-ring (bicyclic) bond motifs is 3. The molecule has 0 saturated heterocycles. The van der Waals surface area contributed by atoms with Gasteiger partial charge >= 0.3 is 0 Å². The van der Waals surface area contributed by atoms with Gasteiger partial charge in [-0.25, -0.2) is 13.1 Å². The zero-order valence-corrected chi connectivity index (χ0v) is 25.4. The number of sulfonamides is 1. The van der Waals surface area contributed by atoms with Crippen LogP contribution in [-0.2, 0) is 14.4 Å². The Morgan fingerprint density at radius 1 is 1.08 bits per heavy atom. The lowest BCUT2D eigenvalue weighted by atomic mass is 9.67. The van der Waals surface area contributed by atoms with Crippen LogP contribution in [-0.4, -0.2) is 22.8 Å². The quantitative estimate of drug-likeness (QED) is 0.251. The standard InChI is InChI=1S/C30H47NO3SSi/c1-10-18-30(11-2)26-15-14-25(28(20-26)34-36(21(3)4,22(5)6)23(7)8)19-29(30)31-35(32,33)27-16-12-24(9)13-17-27/h2,12-13,16-17,20-23,25-26,29,31H,10,14-15,18-19H2,1,3-9H3/t25-,26-,29-,30+/m1/s1. The molecule has 1 N–H and O–H groups in total. The first-order valence-electron chi connectivity index (χ1n) is 13.8. The molecule has 2 bridgehead atoms. The first kappa shape index (κ1) is 29.0. The van der Waals surface area contributed by atoms with Crippen LogP contribution in [0.4, 0.5) is 0 Å². The van der Waals surface area contributed by atoms with Gasteiger partial charge in [-0.15, -0.1) is 6.42 Å². The number of rotatable bonds is 10. The van der Waals surface area contributed by atoms with E-state index in [0.29, 0.717) is 27.9 Å². The zero-order chi connectivity index (χ0) is 26.9. The van der Waals surface area contributed by atoms with Gasteiger partial charge in [-0.1, -0.05) is 78.5 Å². The average molecular weight is 530 g/mol. The van der Waals surface area contributed by atoms with Gasteiger partial charge in [0.05, 0.1) is 16.1 Å². The molecule has 200 valence electrons. The SMILES string of the molecule is C#C[C@]1(CCC)[C@H]2C=C(O[Si](C(C)C)(C(C)C)C(C)C)[C@H](CC2)C[C@H]1NS(=O)(=O)c1ccc(C)cc1. The van der Waals surface area contributed by atoms with Crippen molar-refractivity contribution in [2.45, 2.75) is 115 Å². The van der Waals surface area contributed by atoms with Crippen LogP contribution < -0.4 is 4.72 Å². The fraction of sp³-hybridized carbons (Fsp3) is 0.667. The van der Waals surface area contributed by atoms with E-state index >= 15 is 0 Å². The Kier molecular flexibility index (Phi) is 8.91. The molecule has 0 spiro atoms. The summed E-state index contributed by atoms with van der Waals surface area (Å²) in [6.07, 6.45) is 13.0. The van der Waals surface area contributed by atoms with Crippen LogP contribution in [0.5, 0.6) is 0 Å². The number of benzene rings is 1. The van der Waals surface area contributed by atoms with E-state index in [1.807, 2.05) is 19.1 Å². The van der Waals surface area contributed by atoms with Gasteiger partial charge in [0.15, 0.2) is 0 Å². The van der Waals surface area contributed by atoms with Gasteiger partial charge in [-0.2, -0.15) is 0 Å². The van der Waals surface area contributed by atoms with E-state index in [4.69, 9.17) is 10.8 Å². The summed E-state index contributed by atoms with van der Waals surface area (Å²) in [6.45, 7) is 17.9. The zero-order valence-electron chi connectivity index (χ0n) is 23.6. The first-order chi connectivity index (χ1) is 16.8. The molecule has 4 atom stereocenters. The number of aryl methyl sites for hydroxylation is 1. The molecule has 36 heavy (non-hydrogen) atoms. The molecule has 0 aromatic heterocycles. The van der Waals surface area contributed by atoms with Crippen molar-refractivity contribution in [3.05, 3.63) is 41.7 Å². The second-order valence-corrected chi connectivity index (χ2v) is 19.1. The molecule has 4 nitrogen and oxygen atoms in total. The van der Waals surface area contributed by atoms with Crippen LogP contribution in [0, 0.1) is 36.5 Å². The van der Waals surface area contributed by atoms with Gasteiger partial charge in [0.1, 0.15) is 0 Å². The molecule has 0 aliphatic heterocycles. The number of hydrogen-bond donors (Lipinski definition) is 1. The summed E-state index contributed by atoms with van der Waals surface area (Å²) in [6, 6.07) is 6.71. The van der Waals surface area contributed by atoms with Gasteiger partial charge in [0, 0.05) is 12.0 Å². The highest BCUT2D eigenvalue weighted by atomic mass is 32.2. The maximum atomic E-state index is 13.5. The van der Waals surface area contributed by atoms with Gasteiger partial charge in [-0.3, -0.25) is 0 Å². The molecule has 6 heteroatoms. The van der Waals surface area contributed by atoms with E-state index in [-0.39, 0.29) is 17.9 Å². The van der Waals surface area contributed by atoms with E-state index in [9.17, 15) is 8.42 Å². The predicted molar refractivity (Wildman–Crippen MR) is 153 cm³/mol. The van der Waals surface area contributed by atoms with Crippen LogP contribution >= 0.6 is 0 Å². The Labute approximate surface area is 221 Å². The monoisotopic (exact) mass is 529 g/mol. The molecule has 1 aromatic rings. The van der Waals surface area contributed by atoms with Gasteiger partial charge in [0.2, 0.25) is 10.0 Å². The van der Waals surface area contributed by atoms with Crippen molar-refractivity contribution in [2.24, 2.45) is 17.3 Å². The van der Waals surface area contributed by atoms with Crippen molar-refractivity contribution in [2.75, 3.05) is 0 Å². The van der Waals surface area contributed by atoms with Crippen molar-refractivity contribution in [1.29, 1.82) is 0 Å². The number of terminal acetylenes is 1. The van der Waals surface area contributed by atoms with E-state index in [0.717, 1.165) is 37.0 Å². The molecule has 4 rings (SSSR count). The fourth-order valence-corrected chi connectivity index (χ4v) is 13.8. The number of hydrogen-bond acceptors (Lipinski definition) is 3. The Hall–Kier alpha value is -1.55. The smallest absolute Gasteiger partial charge is 0.258 e. The number of nitrogens with one attached hydrogen (secondary N) is 1. The summed E-state index contributed by atoms with van der Waals surface area (Å²) in [5.41, 5.74) is 1.89. The fourth-order valence-electron chi connectivity index (χ4n) is 7.19. The molecular weight excluding hydrogens is 482 g/mol. The topological polar surface area (TPSA) is 55.4 Å². The minimum absolute atomic E-state index is 0.0973. The second kappa shape index (κ2) is 11.1. The molecule has 0 amide bonds. The second-order valence-electron chi connectivity index (χ2n) is 12.0. The molecule has 3 aliphatic rings. The van der Waals surface area contributed by atoms with Gasteiger partial charge in [0.25, 0.3) is 8.32 Å². The van der Waals surface area contributed by atoms with Crippen molar-refractivity contribution in [3.8, 4) is 12.3 Å². The lowest BCUT2D eigenvalue weighted by Gasteiger charge is -2.45. The molecule has 3 aliphatic carbocycles. The van der Waals surface area contributed by atoms with Crippen LogP contribution in [0.1, 0.15) is 86.1 Å². The van der Waals surface area contributed by atoms with E-state index in [1.54, 1.807) is 12.1 Å². The van der Waals surface area contributed by atoms with Crippen LogP contribution in [0.25, 0.3) is 0 Å². The summed E-state index contributed by atoms with van der Waals surface area (Å²) in [7, 11) is -5.84. The average Bonchev–Trinajstić information content (AvgIpc) is 3.00. The van der Waals surface area contributed by atoms with Crippen LogP contribution in [0.2, 0.25) is 16.6 Å². The molecule has 1 aromatic carbocycles. The highest BCUT2D eigenvalue weighted by Crippen LogP contribution is 2.53. The third-order valence-electron chi connectivity index (χ3n) is 8.96. The molecule has 0 heterocycles. The predicted octanol–water partition coefficient (Wildman–Crippen LogP) is 7.57. The summed E-state index contributed by atoms with van der Waals surface area (Å²) < 4.78 is 37.4. The first-order valence-corrected chi connectivity index (χ1v) is 17.4. The number of allylic oxidation sites excluding steroid dienone is 2. The third-order valence-corrected chi connectivity index (χ3v) is 16.5. The Balaban J connectivity index is 2.04. The third kappa shape index (κ3) is 5.21. The Bertz CT molecular complexity index is 1060. The lowest BCUT2D eigenvalue weighted by Crippen LogP contribution is -2.49. The maximum Gasteiger partial charge on any atom is 0.258 e. The minimum atomic E-state index is -3.71. The molecular formula is C30H47NO3SSi. The van der Waals surface area contributed by atoms with E-state index in [1.165, 1.54) is 0 Å². The van der Waals surface area contributed by atoms with E-state index < -0.39 is 23.8 Å². The summed E-state index contributed by atoms with van der Waals surface area (Å²) in [5.74, 6) is 4.52. The summed E-state index contributed by atoms with van der Waals surface area (Å²) in [4.78, 5) is 0.294. The summed E-state index contributed by atoms with van der Waals surface area (Å²) >= 11 is 0. The highest BCUT2D eigenvalue weighted by Gasteiger charge is 2.53. The minimum Gasteiger partial charge on any atom is -0.546 e. The van der Waals surface area contributed by atoms with Crippen molar-refractivity contribution >= 4 is 18.3 Å². The molecule has 1 fully saturated rings. The van der Waals surface area contributed by atoms with Gasteiger partial charge < -0.3 is 4.43 Å².